The molecule has 0 fully saturated rings. The van der Waals surface area contributed by atoms with Crippen molar-refractivity contribution in [3.05, 3.63) is 29.8 Å². The quantitative estimate of drug-likeness (QED) is 0.690. The maximum atomic E-state index is 11.3. The Morgan fingerprint density at radius 3 is 2.79 bits per heavy atom. The highest BCUT2D eigenvalue weighted by Gasteiger charge is 2.03. The van der Waals surface area contributed by atoms with Crippen molar-refractivity contribution in [1.29, 1.82) is 0 Å². The summed E-state index contributed by atoms with van der Waals surface area (Å²) in [6.45, 7) is 0. The maximum Gasteiger partial charge on any atom is 0.238 e. The van der Waals surface area contributed by atoms with Crippen LogP contribution < -0.4 is 5.43 Å². The number of phenols is 1. The molecule has 1 aromatic carbocycles. The highest BCUT2D eigenvalue weighted by Crippen LogP contribution is 2.10. The van der Waals surface area contributed by atoms with E-state index in [2.05, 4.69) is 5.43 Å². The number of nitrogens with one attached hydrogen (secondary N) is 1. The number of hydrogen-bond acceptors (Lipinski definition) is 3. The molecule has 0 atom stereocenters. The van der Waals surface area contributed by atoms with E-state index in [1.807, 2.05) is 0 Å². The van der Waals surface area contributed by atoms with E-state index in [1.165, 1.54) is 0 Å². The van der Waals surface area contributed by atoms with Crippen molar-refractivity contribution in [2.24, 2.45) is 0 Å². The first kappa shape index (κ1) is 10.5. The lowest BCUT2D eigenvalue weighted by Crippen LogP contribution is -2.37. The van der Waals surface area contributed by atoms with E-state index in [-0.39, 0.29) is 18.1 Å². The smallest absolute Gasteiger partial charge is 0.238 e. The molecule has 1 rings (SSSR count). The number of hydrogen-bond donors (Lipinski definition) is 2. The summed E-state index contributed by atoms with van der Waals surface area (Å²) in [5.74, 6) is 0.0840. The van der Waals surface area contributed by atoms with Crippen LogP contribution in [0, 0.1) is 0 Å². The molecule has 0 bridgehead atoms. The van der Waals surface area contributed by atoms with E-state index >= 15 is 0 Å². The molecule has 1 aromatic rings. The molecule has 0 aliphatic carbocycles. The van der Waals surface area contributed by atoms with Crippen molar-refractivity contribution in [3.63, 3.8) is 0 Å². The van der Waals surface area contributed by atoms with Crippen LogP contribution in [0.4, 0.5) is 0 Å². The van der Waals surface area contributed by atoms with E-state index in [1.54, 1.807) is 43.4 Å². The normalized spacial score (nSPS) is 10.2. The van der Waals surface area contributed by atoms with Crippen LogP contribution in [0.3, 0.4) is 0 Å². The number of aromatic hydroxyl groups is 1. The molecule has 4 heteroatoms. The molecule has 0 aliphatic rings. The standard InChI is InChI=1S/C10H14N2O2/c1-12(2)11-10(14)7-8-4-3-5-9(13)6-8/h3-6,13H,7H2,1-2H3,(H,11,14). The fraction of sp³-hybridized carbons (Fsp3) is 0.300. The van der Waals surface area contributed by atoms with Gasteiger partial charge in [-0.1, -0.05) is 12.1 Å². The predicted molar refractivity (Wildman–Crippen MR) is 53.6 cm³/mol. The summed E-state index contributed by atoms with van der Waals surface area (Å²) in [7, 11) is 3.50. The molecule has 0 spiro atoms. The van der Waals surface area contributed by atoms with Crippen LogP contribution in [0.15, 0.2) is 24.3 Å². The van der Waals surface area contributed by atoms with Crippen LogP contribution in [0.25, 0.3) is 0 Å². The van der Waals surface area contributed by atoms with E-state index in [4.69, 9.17) is 5.11 Å². The summed E-state index contributed by atoms with van der Waals surface area (Å²) in [5, 5.41) is 10.8. The molecule has 0 saturated heterocycles. The van der Waals surface area contributed by atoms with Gasteiger partial charge in [0, 0.05) is 14.1 Å². The van der Waals surface area contributed by atoms with Gasteiger partial charge < -0.3 is 5.11 Å². The van der Waals surface area contributed by atoms with Crippen LogP contribution >= 0.6 is 0 Å². The molecule has 14 heavy (non-hydrogen) atoms. The predicted octanol–water partition coefficient (Wildman–Crippen LogP) is 0.527. The first-order valence-corrected chi connectivity index (χ1v) is 4.32. The molecule has 1 amide bonds. The van der Waals surface area contributed by atoms with Crippen molar-refractivity contribution in [1.82, 2.24) is 10.4 Å². The van der Waals surface area contributed by atoms with Gasteiger partial charge in [-0.05, 0) is 17.7 Å². The first-order valence-electron chi connectivity index (χ1n) is 4.32. The lowest BCUT2D eigenvalue weighted by molar-refractivity contribution is -0.124. The molecule has 0 aliphatic heterocycles. The van der Waals surface area contributed by atoms with Gasteiger partial charge in [0.15, 0.2) is 0 Å². The van der Waals surface area contributed by atoms with Gasteiger partial charge in [-0.25, -0.2) is 5.01 Å². The molecule has 76 valence electrons. The minimum Gasteiger partial charge on any atom is -0.508 e. The zero-order chi connectivity index (χ0) is 10.6. The summed E-state index contributed by atoms with van der Waals surface area (Å²) in [6, 6.07) is 6.67. The van der Waals surface area contributed by atoms with Gasteiger partial charge in [0.1, 0.15) is 5.75 Å². The van der Waals surface area contributed by atoms with E-state index in [0.29, 0.717) is 0 Å². The van der Waals surface area contributed by atoms with Gasteiger partial charge in [-0.2, -0.15) is 0 Å². The highest BCUT2D eigenvalue weighted by molar-refractivity contribution is 5.78. The summed E-state index contributed by atoms with van der Waals surface area (Å²) in [5.41, 5.74) is 3.42. The van der Waals surface area contributed by atoms with Gasteiger partial charge in [-0.15, -0.1) is 0 Å². The highest BCUT2D eigenvalue weighted by atomic mass is 16.3. The van der Waals surface area contributed by atoms with E-state index in [9.17, 15) is 4.79 Å². The average molecular weight is 194 g/mol. The molecule has 0 radical (unpaired) electrons. The largest absolute Gasteiger partial charge is 0.508 e. The molecule has 0 saturated carbocycles. The van der Waals surface area contributed by atoms with Gasteiger partial charge in [0.25, 0.3) is 0 Å². The zero-order valence-electron chi connectivity index (χ0n) is 8.32. The molecule has 0 unspecified atom stereocenters. The topological polar surface area (TPSA) is 52.6 Å². The number of rotatable bonds is 3. The van der Waals surface area contributed by atoms with E-state index in [0.717, 1.165) is 5.56 Å². The Morgan fingerprint density at radius 1 is 1.50 bits per heavy atom. The van der Waals surface area contributed by atoms with Gasteiger partial charge in [-0.3, -0.25) is 10.2 Å². The molecule has 2 N–H and O–H groups in total. The SMILES string of the molecule is CN(C)NC(=O)Cc1cccc(O)c1. The van der Waals surface area contributed by atoms with Crippen LogP contribution in [0.1, 0.15) is 5.56 Å². The number of phenolic OH excluding ortho intramolecular Hbond substituents is 1. The molecular formula is C10H14N2O2. The Labute approximate surface area is 83.1 Å². The van der Waals surface area contributed by atoms with Crippen molar-refractivity contribution in [3.8, 4) is 5.75 Å². The second-order valence-electron chi connectivity index (χ2n) is 3.28. The van der Waals surface area contributed by atoms with Crippen molar-refractivity contribution in [2.45, 2.75) is 6.42 Å². The summed E-state index contributed by atoms with van der Waals surface area (Å²) in [4.78, 5) is 11.3. The summed E-state index contributed by atoms with van der Waals surface area (Å²) in [6.07, 6.45) is 0.270. The van der Waals surface area contributed by atoms with Gasteiger partial charge >= 0.3 is 0 Å². The summed E-state index contributed by atoms with van der Waals surface area (Å²) >= 11 is 0. The van der Waals surface area contributed by atoms with Crippen molar-refractivity contribution < 1.29 is 9.90 Å². The lowest BCUT2D eigenvalue weighted by Gasteiger charge is -2.11. The number of carbonyl (C=O) groups is 1. The molecule has 0 aromatic heterocycles. The van der Waals surface area contributed by atoms with Crippen molar-refractivity contribution in [2.75, 3.05) is 14.1 Å². The van der Waals surface area contributed by atoms with Crippen LogP contribution in [0.2, 0.25) is 0 Å². The Morgan fingerprint density at radius 2 is 2.21 bits per heavy atom. The number of benzene rings is 1. The third kappa shape index (κ3) is 3.45. The Hall–Kier alpha value is -1.55. The average Bonchev–Trinajstić information content (AvgIpc) is 2.01. The third-order valence-electron chi connectivity index (χ3n) is 1.62. The van der Waals surface area contributed by atoms with E-state index < -0.39 is 0 Å². The molecule has 4 nitrogen and oxygen atoms in total. The second-order valence-corrected chi connectivity index (χ2v) is 3.28. The summed E-state index contributed by atoms with van der Waals surface area (Å²) < 4.78 is 0. The lowest BCUT2D eigenvalue weighted by atomic mass is 10.1. The molecular weight excluding hydrogens is 180 g/mol. The van der Waals surface area contributed by atoms with Gasteiger partial charge in [0.2, 0.25) is 5.91 Å². The van der Waals surface area contributed by atoms with Crippen LogP contribution in [-0.2, 0) is 11.2 Å². The van der Waals surface area contributed by atoms with Crippen LogP contribution in [0.5, 0.6) is 5.75 Å². The minimum atomic E-state index is -0.0967. The maximum absolute atomic E-state index is 11.3. The Balaban J connectivity index is 2.56. The fourth-order valence-corrected chi connectivity index (χ4v) is 1.14. The number of carbonyl (C=O) groups excluding carboxylic acids is 1. The van der Waals surface area contributed by atoms with Crippen molar-refractivity contribution >= 4 is 5.91 Å². The fourth-order valence-electron chi connectivity index (χ4n) is 1.14. The second kappa shape index (κ2) is 4.62. The first-order chi connectivity index (χ1) is 6.58. The zero-order valence-corrected chi connectivity index (χ0v) is 8.32. The monoisotopic (exact) mass is 194 g/mol. The van der Waals surface area contributed by atoms with Gasteiger partial charge in [0.05, 0.1) is 6.42 Å². The number of hydrazine groups is 1. The molecule has 0 heterocycles. The van der Waals surface area contributed by atoms with Crippen LogP contribution in [-0.4, -0.2) is 30.1 Å². The minimum absolute atomic E-state index is 0.0967. The Kier molecular flexibility index (Phi) is 3.48. The number of amides is 1. The Bertz CT molecular complexity index is 324. The number of nitrogens with zero attached hydrogens (tertiary/aromatic N) is 1. The third-order valence-corrected chi connectivity index (χ3v) is 1.62.